The van der Waals surface area contributed by atoms with E-state index in [0.29, 0.717) is 18.7 Å². The number of aromatic nitrogens is 4. The number of carbonyl (C=O) groups is 1. The van der Waals surface area contributed by atoms with Gasteiger partial charge >= 0.3 is 5.97 Å². The van der Waals surface area contributed by atoms with E-state index in [0.717, 1.165) is 50.5 Å². The number of aliphatic carboxylic acids is 1. The normalized spacial score (nSPS) is 16.9. The van der Waals surface area contributed by atoms with E-state index < -0.39 is 5.97 Å². The van der Waals surface area contributed by atoms with E-state index in [-0.39, 0.29) is 11.8 Å². The average molecular weight is 465 g/mol. The Morgan fingerprint density at radius 1 is 1.09 bits per heavy atom. The highest BCUT2D eigenvalue weighted by molar-refractivity contribution is 5.85. The van der Waals surface area contributed by atoms with Gasteiger partial charge in [-0.2, -0.15) is 0 Å². The van der Waals surface area contributed by atoms with Gasteiger partial charge in [0.25, 0.3) is 0 Å². The summed E-state index contributed by atoms with van der Waals surface area (Å²) in [6.45, 7) is 2.05. The van der Waals surface area contributed by atoms with Gasteiger partial charge in [0.05, 0.1) is 5.92 Å². The third-order valence-corrected chi connectivity index (χ3v) is 6.68. The molecule has 5 aromatic rings. The number of fused-ring (bicyclic) bond motifs is 1. The number of carboxylic acids is 1. The summed E-state index contributed by atoms with van der Waals surface area (Å²) in [5.41, 5.74) is 5.21. The average Bonchev–Trinajstić information content (AvgIpc) is 3.29. The molecule has 1 aliphatic rings. The fourth-order valence-electron chi connectivity index (χ4n) is 4.68. The standard InChI is InChI=1S/C28H24N4O3/c1-16-21-10-11-29-24(21)8-9-25(16)35-20-7-3-6-19(14-20)27-30-26(31-32-27)13-17-4-2-5-18(12-17)22-15-23(22)28(33)34/h2-12,14,22-23,29H,13,15H2,1H3,(H,33,34)(H,30,31,32). The summed E-state index contributed by atoms with van der Waals surface area (Å²) >= 11 is 0. The highest BCUT2D eigenvalue weighted by Crippen LogP contribution is 2.47. The van der Waals surface area contributed by atoms with Gasteiger partial charge < -0.3 is 19.8 Å². The molecule has 1 fully saturated rings. The van der Waals surface area contributed by atoms with Crippen LogP contribution in [-0.4, -0.2) is 31.2 Å². The largest absolute Gasteiger partial charge is 0.481 e. The number of carboxylic acid groups (broad SMARTS) is 1. The Bertz CT molecular complexity index is 1550. The molecule has 0 aliphatic heterocycles. The molecule has 0 bridgehead atoms. The molecule has 3 N–H and O–H groups in total. The van der Waals surface area contributed by atoms with Crippen molar-refractivity contribution in [2.75, 3.05) is 0 Å². The number of nitrogens with one attached hydrogen (secondary N) is 2. The zero-order valence-corrected chi connectivity index (χ0v) is 19.2. The molecule has 6 rings (SSSR count). The molecule has 174 valence electrons. The third-order valence-electron chi connectivity index (χ3n) is 6.68. The van der Waals surface area contributed by atoms with Crippen LogP contribution in [-0.2, 0) is 11.2 Å². The number of hydrogen-bond donors (Lipinski definition) is 3. The molecule has 2 atom stereocenters. The van der Waals surface area contributed by atoms with Gasteiger partial charge in [0.2, 0.25) is 0 Å². The van der Waals surface area contributed by atoms with E-state index >= 15 is 0 Å². The molecule has 0 spiro atoms. The van der Waals surface area contributed by atoms with Crippen LogP contribution in [0.25, 0.3) is 22.3 Å². The summed E-state index contributed by atoms with van der Waals surface area (Å²) in [5, 5.41) is 19.0. The Hall–Kier alpha value is -4.39. The third kappa shape index (κ3) is 4.17. The van der Waals surface area contributed by atoms with Gasteiger partial charge in [-0.25, -0.2) is 0 Å². The van der Waals surface area contributed by atoms with E-state index in [2.05, 4.69) is 39.2 Å². The van der Waals surface area contributed by atoms with E-state index in [1.165, 1.54) is 0 Å². The Morgan fingerprint density at radius 2 is 1.97 bits per heavy atom. The molecule has 1 saturated carbocycles. The Kier molecular flexibility index (Phi) is 5.10. The Balaban J connectivity index is 1.19. The van der Waals surface area contributed by atoms with Crippen molar-refractivity contribution in [3.8, 4) is 22.9 Å². The van der Waals surface area contributed by atoms with Crippen LogP contribution >= 0.6 is 0 Å². The van der Waals surface area contributed by atoms with E-state index in [4.69, 9.17) is 4.74 Å². The van der Waals surface area contributed by atoms with Crippen molar-refractivity contribution in [2.24, 2.45) is 5.92 Å². The fourth-order valence-corrected chi connectivity index (χ4v) is 4.68. The van der Waals surface area contributed by atoms with Crippen molar-refractivity contribution >= 4 is 16.9 Å². The molecule has 0 saturated heterocycles. The van der Waals surface area contributed by atoms with Crippen LogP contribution in [0.15, 0.2) is 72.9 Å². The number of H-pyrrole nitrogens is 2. The van der Waals surface area contributed by atoms with E-state index in [9.17, 15) is 9.90 Å². The molecule has 2 unspecified atom stereocenters. The van der Waals surface area contributed by atoms with Crippen molar-refractivity contribution in [1.29, 1.82) is 0 Å². The second-order valence-electron chi connectivity index (χ2n) is 9.09. The van der Waals surface area contributed by atoms with Crippen LogP contribution < -0.4 is 4.74 Å². The molecular weight excluding hydrogens is 440 g/mol. The first kappa shape index (κ1) is 21.2. The van der Waals surface area contributed by atoms with Crippen molar-refractivity contribution in [3.05, 3.63) is 95.4 Å². The fraction of sp³-hybridized carbons (Fsp3) is 0.179. The molecule has 7 nitrogen and oxygen atoms in total. The minimum absolute atomic E-state index is 0.113. The van der Waals surface area contributed by atoms with Gasteiger partial charge in [-0.05, 0) is 60.7 Å². The minimum Gasteiger partial charge on any atom is -0.481 e. The van der Waals surface area contributed by atoms with Gasteiger partial charge in [-0.15, -0.1) is 10.2 Å². The topological polar surface area (TPSA) is 104 Å². The van der Waals surface area contributed by atoms with Crippen molar-refractivity contribution in [2.45, 2.75) is 25.7 Å². The van der Waals surface area contributed by atoms with Crippen LogP contribution in [0.3, 0.4) is 0 Å². The van der Waals surface area contributed by atoms with Crippen LogP contribution in [0.4, 0.5) is 0 Å². The Morgan fingerprint density at radius 3 is 2.83 bits per heavy atom. The zero-order chi connectivity index (χ0) is 23.9. The second-order valence-corrected chi connectivity index (χ2v) is 9.09. The molecule has 2 aromatic heterocycles. The monoisotopic (exact) mass is 464 g/mol. The SMILES string of the molecule is Cc1c(Oc2cccc(-c3nnc(Cc4cccc(C5CC5C(=O)O)c4)[nH]3)c2)ccc2[nH]ccc12. The maximum Gasteiger partial charge on any atom is 0.307 e. The first-order valence-electron chi connectivity index (χ1n) is 11.6. The number of benzene rings is 3. The lowest BCUT2D eigenvalue weighted by Gasteiger charge is -2.10. The molecular formula is C28H24N4O3. The number of ether oxygens (including phenoxy) is 1. The molecule has 1 aliphatic carbocycles. The van der Waals surface area contributed by atoms with Gasteiger partial charge in [0.15, 0.2) is 5.82 Å². The molecule has 35 heavy (non-hydrogen) atoms. The maximum absolute atomic E-state index is 11.2. The van der Waals surface area contributed by atoms with Gasteiger partial charge in [-0.3, -0.25) is 4.79 Å². The number of aromatic amines is 2. The number of hydrogen-bond acceptors (Lipinski definition) is 4. The zero-order valence-electron chi connectivity index (χ0n) is 19.2. The van der Waals surface area contributed by atoms with Crippen LogP contribution in [0.5, 0.6) is 11.5 Å². The first-order valence-corrected chi connectivity index (χ1v) is 11.6. The molecule has 2 heterocycles. The highest BCUT2D eigenvalue weighted by atomic mass is 16.5. The van der Waals surface area contributed by atoms with Crippen molar-refractivity contribution in [1.82, 2.24) is 20.2 Å². The predicted octanol–water partition coefficient (Wildman–Crippen LogP) is 5.83. The first-order chi connectivity index (χ1) is 17.0. The van der Waals surface area contributed by atoms with Crippen LogP contribution in [0.1, 0.15) is 34.9 Å². The molecule has 3 aromatic carbocycles. The summed E-state index contributed by atoms with van der Waals surface area (Å²) in [6, 6.07) is 21.9. The number of aryl methyl sites for hydroxylation is 1. The van der Waals surface area contributed by atoms with Crippen LogP contribution in [0.2, 0.25) is 0 Å². The number of nitrogens with zero attached hydrogens (tertiary/aromatic N) is 2. The summed E-state index contributed by atoms with van der Waals surface area (Å²) in [7, 11) is 0. The molecule has 0 radical (unpaired) electrons. The maximum atomic E-state index is 11.2. The summed E-state index contributed by atoms with van der Waals surface area (Å²) in [6.07, 6.45) is 3.23. The van der Waals surface area contributed by atoms with Crippen molar-refractivity contribution < 1.29 is 14.6 Å². The van der Waals surface area contributed by atoms with E-state index in [1.807, 2.05) is 60.8 Å². The minimum atomic E-state index is -0.716. The van der Waals surface area contributed by atoms with Crippen molar-refractivity contribution in [3.63, 3.8) is 0 Å². The quantitative estimate of drug-likeness (QED) is 0.281. The van der Waals surface area contributed by atoms with Crippen LogP contribution in [0, 0.1) is 12.8 Å². The molecule has 7 heteroatoms. The summed E-state index contributed by atoms with van der Waals surface area (Å²) < 4.78 is 6.20. The lowest BCUT2D eigenvalue weighted by molar-refractivity contribution is -0.138. The lowest BCUT2D eigenvalue weighted by Crippen LogP contribution is -1.99. The van der Waals surface area contributed by atoms with Gasteiger partial charge in [0.1, 0.15) is 17.3 Å². The second kappa shape index (κ2) is 8.43. The smallest absolute Gasteiger partial charge is 0.307 e. The van der Waals surface area contributed by atoms with Gasteiger partial charge in [0, 0.05) is 34.6 Å². The lowest BCUT2D eigenvalue weighted by atomic mass is 10.0. The molecule has 0 amide bonds. The van der Waals surface area contributed by atoms with Gasteiger partial charge in [-0.1, -0.05) is 36.4 Å². The number of rotatable bonds is 7. The predicted molar refractivity (Wildman–Crippen MR) is 133 cm³/mol. The Labute approximate surface area is 201 Å². The summed E-state index contributed by atoms with van der Waals surface area (Å²) in [4.78, 5) is 17.7. The van der Waals surface area contributed by atoms with E-state index in [1.54, 1.807) is 0 Å². The summed E-state index contributed by atoms with van der Waals surface area (Å²) in [5.74, 6) is 2.10. The highest BCUT2D eigenvalue weighted by Gasteiger charge is 2.44.